The van der Waals surface area contributed by atoms with E-state index in [1.165, 1.54) is 12.1 Å². The van der Waals surface area contributed by atoms with Crippen molar-refractivity contribution in [2.45, 2.75) is 12.5 Å². The van der Waals surface area contributed by atoms with E-state index >= 15 is 0 Å². The van der Waals surface area contributed by atoms with E-state index in [0.717, 1.165) is 5.56 Å². The lowest BCUT2D eigenvalue weighted by Gasteiger charge is -2.18. The Morgan fingerprint density at radius 2 is 1.48 bits per heavy atom. The van der Waals surface area contributed by atoms with Crippen LogP contribution in [0.5, 0.6) is 5.75 Å². The van der Waals surface area contributed by atoms with Gasteiger partial charge in [0.15, 0.2) is 5.78 Å². The van der Waals surface area contributed by atoms with Gasteiger partial charge in [-0.05, 0) is 29.8 Å². The van der Waals surface area contributed by atoms with Crippen molar-refractivity contribution in [3.63, 3.8) is 0 Å². The summed E-state index contributed by atoms with van der Waals surface area (Å²) in [5.41, 5.74) is 2.19. The number of anilines is 1. The number of carboxylic acid groups (broad SMARTS) is 1. The van der Waals surface area contributed by atoms with Crippen LogP contribution in [0.3, 0.4) is 0 Å². The van der Waals surface area contributed by atoms with Gasteiger partial charge in [0, 0.05) is 23.2 Å². The number of carboxylic acids is 1. The minimum absolute atomic E-state index is 0.123. The molecule has 0 amide bonds. The first-order valence-electron chi connectivity index (χ1n) is 8.50. The largest absolute Gasteiger partial charge is 0.508 e. The topological polar surface area (TPSA) is 86.6 Å². The van der Waals surface area contributed by atoms with Crippen molar-refractivity contribution in [3.05, 3.63) is 95.6 Å². The average molecular weight is 361 g/mol. The van der Waals surface area contributed by atoms with Gasteiger partial charge in [0.25, 0.3) is 0 Å². The van der Waals surface area contributed by atoms with Gasteiger partial charge in [0.2, 0.25) is 0 Å². The van der Waals surface area contributed by atoms with Crippen LogP contribution in [-0.4, -0.2) is 28.0 Å². The van der Waals surface area contributed by atoms with Crippen LogP contribution in [0.25, 0.3) is 0 Å². The fourth-order valence-corrected chi connectivity index (χ4v) is 2.81. The SMILES string of the molecule is O=C(c1ccccc1)c1ccccc1N[C@@H](Cc1ccc(O)cc1)C(=O)O. The van der Waals surface area contributed by atoms with E-state index in [4.69, 9.17) is 0 Å². The molecule has 0 aliphatic heterocycles. The van der Waals surface area contributed by atoms with Crippen LogP contribution in [0.1, 0.15) is 21.5 Å². The van der Waals surface area contributed by atoms with Crippen LogP contribution in [0.15, 0.2) is 78.9 Å². The molecule has 0 aliphatic rings. The number of aliphatic carboxylic acids is 1. The van der Waals surface area contributed by atoms with Gasteiger partial charge in [-0.1, -0.05) is 54.6 Å². The van der Waals surface area contributed by atoms with Crippen LogP contribution in [-0.2, 0) is 11.2 Å². The minimum Gasteiger partial charge on any atom is -0.508 e. The number of hydrogen-bond donors (Lipinski definition) is 3. The molecule has 3 aromatic carbocycles. The summed E-state index contributed by atoms with van der Waals surface area (Å²) in [4.78, 5) is 24.5. The van der Waals surface area contributed by atoms with E-state index in [0.29, 0.717) is 16.8 Å². The van der Waals surface area contributed by atoms with E-state index in [1.807, 2.05) is 6.07 Å². The number of para-hydroxylation sites is 1. The molecule has 27 heavy (non-hydrogen) atoms. The highest BCUT2D eigenvalue weighted by Crippen LogP contribution is 2.21. The van der Waals surface area contributed by atoms with Crippen LogP contribution in [0, 0.1) is 0 Å². The molecule has 136 valence electrons. The first kappa shape index (κ1) is 18.2. The highest BCUT2D eigenvalue weighted by atomic mass is 16.4. The first-order valence-corrected chi connectivity index (χ1v) is 8.50. The summed E-state index contributed by atoms with van der Waals surface area (Å²) in [5, 5.41) is 21.9. The molecule has 0 aliphatic carbocycles. The summed E-state index contributed by atoms with van der Waals surface area (Å²) >= 11 is 0. The van der Waals surface area contributed by atoms with Crippen LogP contribution >= 0.6 is 0 Å². The molecular formula is C22H19NO4. The zero-order chi connectivity index (χ0) is 19.2. The number of hydrogen-bond acceptors (Lipinski definition) is 4. The minimum atomic E-state index is -1.02. The molecule has 0 bridgehead atoms. The summed E-state index contributed by atoms with van der Waals surface area (Å²) in [6.07, 6.45) is 0.212. The van der Waals surface area contributed by atoms with Crippen molar-refractivity contribution in [1.82, 2.24) is 0 Å². The lowest BCUT2D eigenvalue weighted by atomic mass is 10.00. The fraction of sp³-hybridized carbons (Fsp3) is 0.0909. The van der Waals surface area contributed by atoms with E-state index in [-0.39, 0.29) is 18.0 Å². The Morgan fingerprint density at radius 3 is 2.15 bits per heavy atom. The van der Waals surface area contributed by atoms with Crippen molar-refractivity contribution in [1.29, 1.82) is 0 Å². The molecule has 0 saturated carbocycles. The highest BCUT2D eigenvalue weighted by molar-refractivity contribution is 6.12. The zero-order valence-electron chi connectivity index (χ0n) is 14.5. The number of aromatic hydroxyl groups is 1. The summed E-state index contributed by atoms with van der Waals surface area (Å²) < 4.78 is 0. The molecule has 0 unspecified atom stereocenters. The van der Waals surface area contributed by atoms with Crippen molar-refractivity contribution in [2.24, 2.45) is 0 Å². The third-order valence-corrected chi connectivity index (χ3v) is 4.21. The first-order chi connectivity index (χ1) is 13.0. The van der Waals surface area contributed by atoms with Crippen molar-refractivity contribution in [3.8, 4) is 5.75 Å². The van der Waals surface area contributed by atoms with Crippen LogP contribution in [0.2, 0.25) is 0 Å². The van der Waals surface area contributed by atoms with Gasteiger partial charge >= 0.3 is 5.97 Å². The summed E-state index contributed by atoms with van der Waals surface area (Å²) in [6, 6.07) is 21.2. The molecule has 0 spiro atoms. The van der Waals surface area contributed by atoms with E-state index < -0.39 is 12.0 Å². The van der Waals surface area contributed by atoms with Crippen LogP contribution < -0.4 is 5.32 Å². The van der Waals surface area contributed by atoms with Gasteiger partial charge in [-0.3, -0.25) is 4.79 Å². The second-order valence-corrected chi connectivity index (χ2v) is 6.15. The summed E-state index contributed by atoms with van der Waals surface area (Å²) in [5.74, 6) is -1.07. The number of phenols is 1. The summed E-state index contributed by atoms with van der Waals surface area (Å²) in [7, 11) is 0. The molecule has 0 radical (unpaired) electrons. The van der Waals surface area contributed by atoms with Crippen LogP contribution in [0.4, 0.5) is 5.69 Å². The normalized spacial score (nSPS) is 11.6. The van der Waals surface area contributed by atoms with Gasteiger partial charge in [0.05, 0.1) is 0 Å². The monoisotopic (exact) mass is 361 g/mol. The Balaban J connectivity index is 1.85. The highest BCUT2D eigenvalue weighted by Gasteiger charge is 2.21. The average Bonchev–Trinajstić information content (AvgIpc) is 2.69. The van der Waals surface area contributed by atoms with E-state index in [2.05, 4.69) is 5.32 Å². The Hall–Kier alpha value is -3.60. The molecule has 3 N–H and O–H groups in total. The maximum Gasteiger partial charge on any atom is 0.326 e. The Morgan fingerprint density at radius 1 is 0.852 bits per heavy atom. The maximum atomic E-state index is 12.8. The van der Waals surface area contributed by atoms with Gasteiger partial charge in [-0.2, -0.15) is 0 Å². The molecular weight excluding hydrogens is 342 g/mol. The number of carbonyl (C=O) groups excluding carboxylic acids is 1. The predicted molar refractivity (Wildman–Crippen MR) is 103 cm³/mol. The molecule has 1 atom stereocenters. The second kappa shape index (κ2) is 8.19. The molecule has 0 heterocycles. The fourth-order valence-electron chi connectivity index (χ4n) is 2.81. The molecule has 0 fully saturated rings. The molecule has 0 saturated heterocycles. The maximum absolute atomic E-state index is 12.8. The van der Waals surface area contributed by atoms with Crippen molar-refractivity contribution in [2.75, 3.05) is 5.32 Å². The van der Waals surface area contributed by atoms with Gasteiger partial charge in [-0.25, -0.2) is 4.79 Å². The van der Waals surface area contributed by atoms with Crippen molar-refractivity contribution < 1.29 is 19.8 Å². The molecule has 0 aromatic heterocycles. The molecule has 5 nitrogen and oxygen atoms in total. The lowest BCUT2D eigenvalue weighted by molar-refractivity contribution is -0.137. The Labute approximate surface area is 156 Å². The molecule has 3 aromatic rings. The van der Waals surface area contributed by atoms with Gasteiger partial charge in [0.1, 0.15) is 11.8 Å². The molecule has 3 rings (SSSR count). The van der Waals surface area contributed by atoms with Crippen molar-refractivity contribution >= 4 is 17.4 Å². The van der Waals surface area contributed by atoms with E-state index in [1.54, 1.807) is 60.7 Å². The second-order valence-electron chi connectivity index (χ2n) is 6.15. The van der Waals surface area contributed by atoms with Gasteiger partial charge in [-0.15, -0.1) is 0 Å². The van der Waals surface area contributed by atoms with Gasteiger partial charge < -0.3 is 15.5 Å². The summed E-state index contributed by atoms with van der Waals surface area (Å²) in [6.45, 7) is 0. The molecule has 5 heteroatoms. The number of carbonyl (C=O) groups is 2. The number of ketones is 1. The Kier molecular flexibility index (Phi) is 5.52. The third kappa shape index (κ3) is 4.52. The lowest BCUT2D eigenvalue weighted by Crippen LogP contribution is -2.32. The number of phenolic OH excluding ortho intramolecular Hbond substituents is 1. The predicted octanol–water partition coefficient (Wildman–Crippen LogP) is 3.73. The number of nitrogens with one attached hydrogen (secondary N) is 1. The standard InChI is InChI=1S/C22H19NO4/c24-17-12-10-15(11-13-17)14-20(22(26)27)23-19-9-5-4-8-18(19)21(25)16-6-2-1-3-7-16/h1-13,20,23-24H,14H2,(H,26,27)/t20-/m0/s1. The number of benzene rings is 3. The smallest absolute Gasteiger partial charge is 0.326 e. The van der Waals surface area contributed by atoms with E-state index in [9.17, 15) is 19.8 Å². The zero-order valence-corrected chi connectivity index (χ0v) is 14.5. The Bertz CT molecular complexity index is 936. The number of rotatable bonds is 7. The quantitative estimate of drug-likeness (QED) is 0.558. The third-order valence-electron chi connectivity index (χ3n) is 4.21.